The average molecular weight is 1030 g/mol. The van der Waals surface area contributed by atoms with E-state index in [4.69, 9.17) is 14.2 Å². The van der Waals surface area contributed by atoms with Crippen molar-refractivity contribution in [1.29, 1.82) is 0 Å². The van der Waals surface area contributed by atoms with E-state index in [1.54, 1.807) is 0 Å². The number of unbranched alkanes of at least 4 members (excludes halogenated alkanes) is 9. The van der Waals surface area contributed by atoms with Crippen molar-refractivity contribution in [2.24, 2.45) is 0 Å². The highest BCUT2D eigenvalue weighted by Crippen LogP contribution is 2.11. The van der Waals surface area contributed by atoms with Gasteiger partial charge in [-0.3, -0.25) is 14.4 Å². The first-order valence-corrected chi connectivity index (χ1v) is 29.3. The molecule has 0 rings (SSSR count). The van der Waals surface area contributed by atoms with E-state index in [-0.39, 0.29) is 31.6 Å². The summed E-state index contributed by atoms with van der Waals surface area (Å²) in [6.07, 6.45) is 91.9. The van der Waals surface area contributed by atoms with Crippen molar-refractivity contribution >= 4 is 17.9 Å². The highest BCUT2D eigenvalue weighted by atomic mass is 16.6. The van der Waals surface area contributed by atoms with Gasteiger partial charge in [-0.2, -0.15) is 0 Å². The third-order valence-corrected chi connectivity index (χ3v) is 11.4. The third-order valence-electron chi connectivity index (χ3n) is 11.4. The van der Waals surface area contributed by atoms with Crippen LogP contribution >= 0.6 is 0 Å². The SMILES string of the molecule is CC/C=C\C/C=C\C/C=C\C/C=C\C/C=C\C/C=C\C/C=C\C/C=C\C/C=C\CCCCCC(=O)OCC(COC(=O)CCCCCCC/C=C\C/C=C\CCC)OC(=O)CC/C=C\C/C=C\C/C=C\C/C=C\CC. The number of allylic oxidation sites excluding steroid dienone is 30. The third kappa shape index (κ3) is 59.3. The maximum atomic E-state index is 12.8. The molecule has 0 aliphatic heterocycles. The Labute approximate surface area is 459 Å². The van der Waals surface area contributed by atoms with Gasteiger partial charge in [0.25, 0.3) is 0 Å². The minimum Gasteiger partial charge on any atom is -0.462 e. The van der Waals surface area contributed by atoms with Gasteiger partial charge in [0.2, 0.25) is 0 Å². The first-order chi connectivity index (χ1) is 37.0. The fourth-order valence-electron chi connectivity index (χ4n) is 7.07. The molecular formula is C69H104O6. The van der Waals surface area contributed by atoms with E-state index in [1.165, 1.54) is 6.42 Å². The molecule has 0 aromatic heterocycles. The van der Waals surface area contributed by atoms with E-state index in [2.05, 4.69) is 191 Å². The number of esters is 3. The van der Waals surface area contributed by atoms with Crippen LogP contribution in [0.5, 0.6) is 0 Å². The quantitative estimate of drug-likeness (QED) is 0.0261. The van der Waals surface area contributed by atoms with Crippen molar-refractivity contribution in [1.82, 2.24) is 0 Å². The average Bonchev–Trinajstić information content (AvgIpc) is 3.41. The zero-order valence-electron chi connectivity index (χ0n) is 47.5. The minimum atomic E-state index is -0.846. The fraction of sp³-hybridized carbons (Fsp3) is 0.522. The Morgan fingerprint density at radius 3 is 0.880 bits per heavy atom. The lowest BCUT2D eigenvalue weighted by molar-refractivity contribution is -0.166. The highest BCUT2D eigenvalue weighted by molar-refractivity contribution is 5.71. The molecule has 0 saturated carbocycles. The van der Waals surface area contributed by atoms with Crippen LogP contribution in [0.25, 0.3) is 0 Å². The zero-order valence-corrected chi connectivity index (χ0v) is 47.5. The van der Waals surface area contributed by atoms with E-state index < -0.39 is 12.1 Å². The molecule has 0 aromatic rings. The second-order valence-corrected chi connectivity index (χ2v) is 18.4. The van der Waals surface area contributed by atoms with Crippen LogP contribution < -0.4 is 0 Å². The van der Waals surface area contributed by atoms with Crippen molar-refractivity contribution in [2.45, 2.75) is 219 Å². The summed E-state index contributed by atoms with van der Waals surface area (Å²) in [6.45, 7) is 6.21. The van der Waals surface area contributed by atoms with E-state index in [0.29, 0.717) is 19.3 Å². The van der Waals surface area contributed by atoms with E-state index in [0.717, 1.165) is 161 Å². The Hall–Kier alpha value is -5.49. The molecule has 0 aromatic carbocycles. The molecule has 0 radical (unpaired) electrons. The molecule has 0 N–H and O–H groups in total. The molecule has 0 aliphatic rings. The van der Waals surface area contributed by atoms with Crippen LogP contribution in [0.3, 0.4) is 0 Å². The largest absolute Gasteiger partial charge is 0.462 e. The molecule has 0 spiro atoms. The van der Waals surface area contributed by atoms with Crippen LogP contribution in [0.4, 0.5) is 0 Å². The molecule has 1 unspecified atom stereocenters. The molecule has 6 nitrogen and oxygen atoms in total. The Morgan fingerprint density at radius 1 is 0.280 bits per heavy atom. The van der Waals surface area contributed by atoms with Crippen LogP contribution in [-0.2, 0) is 28.6 Å². The van der Waals surface area contributed by atoms with Gasteiger partial charge in [0.1, 0.15) is 13.2 Å². The zero-order chi connectivity index (χ0) is 54.3. The number of rotatable bonds is 50. The Balaban J connectivity index is 4.43. The Bertz CT molecular complexity index is 1800. The van der Waals surface area contributed by atoms with Gasteiger partial charge in [-0.15, -0.1) is 0 Å². The summed E-state index contributed by atoms with van der Waals surface area (Å²) in [6, 6.07) is 0. The van der Waals surface area contributed by atoms with Crippen molar-refractivity contribution in [2.75, 3.05) is 13.2 Å². The Morgan fingerprint density at radius 2 is 0.547 bits per heavy atom. The van der Waals surface area contributed by atoms with Gasteiger partial charge < -0.3 is 14.2 Å². The van der Waals surface area contributed by atoms with Crippen LogP contribution in [0.2, 0.25) is 0 Å². The van der Waals surface area contributed by atoms with Crippen LogP contribution in [0.1, 0.15) is 213 Å². The van der Waals surface area contributed by atoms with Crippen molar-refractivity contribution < 1.29 is 28.6 Å². The monoisotopic (exact) mass is 1030 g/mol. The van der Waals surface area contributed by atoms with Gasteiger partial charge in [0.05, 0.1) is 0 Å². The summed E-state index contributed by atoms with van der Waals surface area (Å²) < 4.78 is 16.7. The Kier molecular flexibility index (Phi) is 56.6. The number of carbonyl (C=O) groups excluding carboxylic acids is 3. The van der Waals surface area contributed by atoms with Crippen molar-refractivity contribution in [3.63, 3.8) is 0 Å². The molecule has 0 amide bonds. The maximum absolute atomic E-state index is 12.8. The number of hydrogen-bond acceptors (Lipinski definition) is 6. The van der Waals surface area contributed by atoms with Gasteiger partial charge in [0.15, 0.2) is 6.10 Å². The molecule has 416 valence electrons. The van der Waals surface area contributed by atoms with E-state index >= 15 is 0 Å². The second-order valence-electron chi connectivity index (χ2n) is 18.4. The van der Waals surface area contributed by atoms with Crippen LogP contribution in [0, 0.1) is 0 Å². The molecular weight excluding hydrogens is 925 g/mol. The summed E-state index contributed by atoms with van der Waals surface area (Å²) in [4.78, 5) is 38.0. The van der Waals surface area contributed by atoms with E-state index in [1.807, 2.05) is 12.2 Å². The first-order valence-electron chi connectivity index (χ1n) is 29.3. The summed E-state index contributed by atoms with van der Waals surface area (Å²) in [5, 5.41) is 0. The molecule has 1 atom stereocenters. The van der Waals surface area contributed by atoms with Gasteiger partial charge in [-0.25, -0.2) is 0 Å². The fourth-order valence-corrected chi connectivity index (χ4v) is 7.07. The molecule has 0 fully saturated rings. The lowest BCUT2D eigenvalue weighted by Crippen LogP contribution is -2.30. The summed E-state index contributed by atoms with van der Waals surface area (Å²) in [5.74, 6) is -1.08. The summed E-state index contributed by atoms with van der Waals surface area (Å²) >= 11 is 0. The van der Waals surface area contributed by atoms with Crippen LogP contribution in [0.15, 0.2) is 182 Å². The van der Waals surface area contributed by atoms with Crippen molar-refractivity contribution in [3.8, 4) is 0 Å². The molecule has 0 saturated heterocycles. The summed E-state index contributed by atoms with van der Waals surface area (Å²) in [5.41, 5.74) is 0. The van der Waals surface area contributed by atoms with Crippen molar-refractivity contribution in [3.05, 3.63) is 182 Å². The number of ether oxygens (including phenoxy) is 3. The van der Waals surface area contributed by atoms with Crippen LogP contribution in [-0.4, -0.2) is 37.2 Å². The summed E-state index contributed by atoms with van der Waals surface area (Å²) in [7, 11) is 0. The lowest BCUT2D eigenvalue weighted by atomic mass is 10.1. The molecule has 0 heterocycles. The lowest BCUT2D eigenvalue weighted by Gasteiger charge is -2.18. The smallest absolute Gasteiger partial charge is 0.306 e. The second kappa shape index (κ2) is 61.1. The van der Waals surface area contributed by atoms with E-state index in [9.17, 15) is 14.4 Å². The normalized spacial score (nSPS) is 13.5. The van der Waals surface area contributed by atoms with Gasteiger partial charge in [-0.05, 0) is 141 Å². The van der Waals surface area contributed by atoms with Gasteiger partial charge in [-0.1, -0.05) is 235 Å². The highest BCUT2D eigenvalue weighted by Gasteiger charge is 2.19. The van der Waals surface area contributed by atoms with Gasteiger partial charge >= 0.3 is 17.9 Å². The van der Waals surface area contributed by atoms with Gasteiger partial charge in [0, 0.05) is 19.3 Å². The topological polar surface area (TPSA) is 78.9 Å². The molecule has 6 heteroatoms. The predicted molar refractivity (Wildman–Crippen MR) is 324 cm³/mol. The molecule has 75 heavy (non-hydrogen) atoms. The standard InChI is InChI=1S/C69H104O6/c1-4-7-10-13-16-19-22-25-26-27-28-29-30-31-32-33-34-35-36-37-38-39-40-41-42-45-47-50-53-56-59-62-68(71)74-65-66(75-69(72)63-60-57-54-51-48-44-24-21-18-15-12-9-6-3)64-73-67(70)61-58-55-52-49-46-43-23-20-17-14-11-8-5-2/h7,9-12,14,16,18-21,23,25-26,28-29,31-32,34-35,37-38,40-41,44-45,47-48,54,57,66H,4-6,8,13,15,17,22,24,27,30,33,36,39,42-43,46,49-53,55-56,58-65H2,1-3H3/b10-7-,12-9-,14-11-,19-16-,21-18-,23-20-,26-25-,29-28-,32-31-,35-34-,38-37-,41-40-,47-45-,48-44-,57-54-. The molecule has 0 aliphatic carbocycles. The first kappa shape index (κ1) is 69.5. The molecule has 0 bridgehead atoms. The number of hydrogen-bond donors (Lipinski definition) is 0. The minimum absolute atomic E-state index is 0.134. The maximum Gasteiger partial charge on any atom is 0.306 e. The number of carbonyl (C=O) groups is 3. The predicted octanol–water partition coefficient (Wildman–Crippen LogP) is 20.1.